The fourth-order valence-corrected chi connectivity index (χ4v) is 3.27. The third-order valence-electron chi connectivity index (χ3n) is 4.20. The minimum Gasteiger partial charge on any atom is -0.477 e. The maximum atomic E-state index is 11.6. The molecule has 2 aromatic carbocycles. The number of halogens is 1. The van der Waals surface area contributed by atoms with Gasteiger partial charge in [-0.3, -0.25) is 0 Å². The molecule has 0 aliphatic heterocycles. The fraction of sp³-hybridized carbons (Fsp3) is 0.0500. The number of rotatable bonds is 3. The summed E-state index contributed by atoms with van der Waals surface area (Å²) < 4.78 is 1.66. The summed E-state index contributed by atoms with van der Waals surface area (Å²) in [6.45, 7) is 1.88. The van der Waals surface area contributed by atoms with E-state index in [-0.39, 0.29) is 5.69 Å². The highest BCUT2D eigenvalue weighted by atomic mass is 35.5. The lowest BCUT2D eigenvalue weighted by Gasteiger charge is -2.09. The molecule has 0 saturated carbocycles. The third-order valence-corrected chi connectivity index (χ3v) is 4.52. The molecule has 1 N–H and O–H groups in total. The molecule has 4 aromatic rings. The SMILES string of the molecule is Cc1nn2c(-c3ccccc3Cl)cc(C(=O)O)nc2c1-c1ccccc1. The quantitative estimate of drug-likeness (QED) is 0.571. The van der Waals surface area contributed by atoms with E-state index in [0.717, 1.165) is 16.8 Å². The van der Waals surface area contributed by atoms with Crippen LogP contribution in [0.3, 0.4) is 0 Å². The predicted molar refractivity (Wildman–Crippen MR) is 101 cm³/mol. The Morgan fingerprint density at radius 3 is 2.46 bits per heavy atom. The van der Waals surface area contributed by atoms with E-state index in [1.807, 2.05) is 55.5 Å². The van der Waals surface area contributed by atoms with Crippen LogP contribution < -0.4 is 0 Å². The summed E-state index contributed by atoms with van der Waals surface area (Å²) >= 11 is 6.35. The summed E-state index contributed by atoms with van der Waals surface area (Å²) in [5, 5.41) is 14.7. The van der Waals surface area contributed by atoms with Gasteiger partial charge in [0.15, 0.2) is 11.3 Å². The van der Waals surface area contributed by atoms with Crippen molar-refractivity contribution in [2.24, 2.45) is 0 Å². The van der Waals surface area contributed by atoms with Gasteiger partial charge in [-0.2, -0.15) is 5.10 Å². The Balaban J connectivity index is 2.11. The zero-order valence-corrected chi connectivity index (χ0v) is 14.6. The number of carboxylic acids is 1. The average molecular weight is 364 g/mol. The van der Waals surface area contributed by atoms with Gasteiger partial charge in [0.05, 0.1) is 11.4 Å². The van der Waals surface area contributed by atoms with E-state index in [1.165, 1.54) is 6.07 Å². The number of aryl methyl sites for hydroxylation is 1. The van der Waals surface area contributed by atoms with Crippen LogP contribution in [0.5, 0.6) is 0 Å². The van der Waals surface area contributed by atoms with Crippen molar-refractivity contribution in [2.45, 2.75) is 6.92 Å². The van der Waals surface area contributed by atoms with Crippen molar-refractivity contribution in [1.82, 2.24) is 14.6 Å². The number of aromatic carboxylic acids is 1. The monoisotopic (exact) mass is 363 g/mol. The van der Waals surface area contributed by atoms with Crippen LogP contribution in [-0.2, 0) is 0 Å². The number of carboxylic acid groups (broad SMARTS) is 1. The Hall–Kier alpha value is -3.18. The fourth-order valence-electron chi connectivity index (χ4n) is 3.04. The van der Waals surface area contributed by atoms with Crippen molar-refractivity contribution < 1.29 is 9.90 Å². The Kier molecular flexibility index (Phi) is 3.93. The lowest BCUT2D eigenvalue weighted by molar-refractivity contribution is 0.0690. The molecule has 0 amide bonds. The number of hydrogen-bond acceptors (Lipinski definition) is 3. The van der Waals surface area contributed by atoms with E-state index in [1.54, 1.807) is 10.6 Å². The van der Waals surface area contributed by atoms with Crippen molar-refractivity contribution in [2.75, 3.05) is 0 Å². The largest absolute Gasteiger partial charge is 0.477 e. The molecule has 2 heterocycles. The highest BCUT2D eigenvalue weighted by Crippen LogP contribution is 2.33. The molecule has 4 rings (SSSR count). The lowest BCUT2D eigenvalue weighted by Crippen LogP contribution is -2.06. The Morgan fingerprint density at radius 2 is 1.77 bits per heavy atom. The van der Waals surface area contributed by atoms with Gasteiger partial charge in [-0.1, -0.05) is 60.1 Å². The van der Waals surface area contributed by atoms with Gasteiger partial charge in [-0.15, -0.1) is 0 Å². The molecule has 5 nitrogen and oxygen atoms in total. The van der Waals surface area contributed by atoms with Crippen LogP contribution in [0.25, 0.3) is 28.0 Å². The highest BCUT2D eigenvalue weighted by Gasteiger charge is 2.20. The number of carbonyl (C=O) groups is 1. The molecule has 0 fully saturated rings. The molecule has 0 unspecified atom stereocenters. The van der Waals surface area contributed by atoms with Gasteiger partial charge >= 0.3 is 5.97 Å². The number of hydrogen-bond donors (Lipinski definition) is 1. The van der Waals surface area contributed by atoms with Gasteiger partial charge in [0.2, 0.25) is 0 Å². The summed E-state index contributed by atoms with van der Waals surface area (Å²) in [4.78, 5) is 16.0. The maximum Gasteiger partial charge on any atom is 0.354 e. The second-order valence-corrected chi connectivity index (χ2v) is 6.28. The first kappa shape index (κ1) is 16.3. The van der Waals surface area contributed by atoms with Crippen molar-refractivity contribution >= 4 is 23.2 Å². The molecule has 0 saturated heterocycles. The van der Waals surface area contributed by atoms with Crippen molar-refractivity contribution in [3.05, 3.63) is 77.1 Å². The van der Waals surface area contributed by atoms with Gasteiger partial charge in [0, 0.05) is 16.1 Å². The molecule has 0 spiro atoms. The molecule has 26 heavy (non-hydrogen) atoms. The Morgan fingerprint density at radius 1 is 1.08 bits per heavy atom. The minimum absolute atomic E-state index is 0.0514. The predicted octanol–water partition coefficient (Wildman–Crippen LogP) is 4.72. The minimum atomic E-state index is -1.10. The normalized spacial score (nSPS) is 11.0. The van der Waals surface area contributed by atoms with Crippen LogP contribution in [0.4, 0.5) is 0 Å². The molecule has 0 radical (unpaired) electrons. The third kappa shape index (κ3) is 2.62. The van der Waals surface area contributed by atoms with Gasteiger partial charge in [0.1, 0.15) is 0 Å². The average Bonchev–Trinajstić information content (AvgIpc) is 2.98. The van der Waals surface area contributed by atoms with E-state index in [4.69, 9.17) is 11.6 Å². The van der Waals surface area contributed by atoms with Crippen LogP contribution in [-0.4, -0.2) is 25.7 Å². The van der Waals surface area contributed by atoms with E-state index < -0.39 is 5.97 Å². The molecule has 0 aliphatic carbocycles. The summed E-state index contributed by atoms with van der Waals surface area (Å²) in [6, 6.07) is 18.5. The molecule has 0 aliphatic rings. The summed E-state index contributed by atoms with van der Waals surface area (Å²) in [7, 11) is 0. The van der Waals surface area contributed by atoms with E-state index in [9.17, 15) is 9.90 Å². The van der Waals surface area contributed by atoms with Gasteiger partial charge in [0.25, 0.3) is 0 Å². The van der Waals surface area contributed by atoms with Crippen molar-refractivity contribution in [3.63, 3.8) is 0 Å². The molecule has 0 bridgehead atoms. The van der Waals surface area contributed by atoms with Gasteiger partial charge in [-0.05, 0) is 24.6 Å². The standard InChI is InChI=1S/C20H14ClN3O2/c1-12-18(13-7-3-2-4-8-13)19-22-16(20(25)26)11-17(24(19)23-12)14-9-5-6-10-15(14)21/h2-11H,1H3,(H,25,26). The van der Waals surface area contributed by atoms with Crippen molar-refractivity contribution in [1.29, 1.82) is 0 Å². The van der Waals surface area contributed by atoms with E-state index in [2.05, 4.69) is 10.1 Å². The summed E-state index contributed by atoms with van der Waals surface area (Å²) in [5.74, 6) is -1.10. The van der Waals surface area contributed by atoms with Crippen molar-refractivity contribution in [3.8, 4) is 22.4 Å². The lowest BCUT2D eigenvalue weighted by atomic mass is 10.1. The Labute approximate surface area is 154 Å². The maximum absolute atomic E-state index is 11.6. The zero-order valence-electron chi connectivity index (χ0n) is 13.8. The molecule has 128 valence electrons. The summed E-state index contributed by atoms with van der Waals surface area (Å²) in [5.41, 5.74) is 4.23. The zero-order chi connectivity index (χ0) is 18.3. The van der Waals surface area contributed by atoms with E-state index in [0.29, 0.717) is 21.9 Å². The van der Waals surface area contributed by atoms with E-state index >= 15 is 0 Å². The first-order valence-corrected chi connectivity index (χ1v) is 8.38. The number of fused-ring (bicyclic) bond motifs is 1. The van der Waals surface area contributed by atoms with Crippen LogP contribution >= 0.6 is 11.6 Å². The van der Waals surface area contributed by atoms with Crippen LogP contribution in [0.1, 0.15) is 16.2 Å². The van der Waals surface area contributed by atoms with Gasteiger partial charge in [-0.25, -0.2) is 14.3 Å². The molecule has 6 heteroatoms. The number of nitrogens with zero attached hydrogens (tertiary/aromatic N) is 3. The number of benzene rings is 2. The highest BCUT2D eigenvalue weighted by molar-refractivity contribution is 6.33. The van der Waals surface area contributed by atoms with Gasteiger partial charge < -0.3 is 5.11 Å². The first-order chi connectivity index (χ1) is 12.6. The Bertz CT molecular complexity index is 1140. The smallest absolute Gasteiger partial charge is 0.354 e. The molecule has 0 atom stereocenters. The van der Waals surface area contributed by atoms with Crippen LogP contribution in [0, 0.1) is 6.92 Å². The first-order valence-electron chi connectivity index (χ1n) is 8.00. The molecule has 2 aromatic heterocycles. The second kappa shape index (κ2) is 6.28. The summed E-state index contributed by atoms with van der Waals surface area (Å²) in [6.07, 6.45) is 0. The number of aromatic nitrogens is 3. The second-order valence-electron chi connectivity index (χ2n) is 5.87. The molecular formula is C20H14ClN3O2. The molecular weight excluding hydrogens is 350 g/mol. The van der Waals surface area contributed by atoms with Crippen LogP contribution in [0.2, 0.25) is 5.02 Å². The topological polar surface area (TPSA) is 67.5 Å². The van der Waals surface area contributed by atoms with Crippen LogP contribution in [0.15, 0.2) is 60.7 Å².